The van der Waals surface area contributed by atoms with Gasteiger partial charge in [-0.05, 0) is 150 Å². The molecule has 8 aromatic carbocycles. The van der Waals surface area contributed by atoms with Gasteiger partial charge in [-0.3, -0.25) is 0 Å². The van der Waals surface area contributed by atoms with Gasteiger partial charge in [-0.15, -0.1) is 11.3 Å². The molecule has 76 heavy (non-hydrogen) atoms. The molecule has 0 atom stereocenters. The van der Waals surface area contributed by atoms with Crippen molar-refractivity contribution in [3.8, 4) is 5.69 Å². The number of benzene rings is 8. The molecule has 5 heterocycles. The summed E-state index contributed by atoms with van der Waals surface area (Å²) in [4.78, 5) is 5.14. The number of hydrogen-bond donors (Lipinski definition) is 0. The number of rotatable bonds is 4. The standard InChI is InChI=1S/C70H70BN3OS/c1-66(2,3)41-23-28-46(29-24-41)72(47-30-25-42(26-31-47)67(4,5)6)48-32-34-53-56(40-48)73(55-21-18-20-50-49-33-27-43(68(7,8)9)39-60(49)76-65(50)55)57-37-45(70(13,14)15)38-58-61(57)71(53)54-36-44(69(10,11)12)35-52-62(54)74(58)63-51-19-16-17-22-59(51)75-64(52)63/h16-40H,1-15H3. The summed E-state index contributed by atoms with van der Waals surface area (Å²) < 4.78 is 12.2. The Morgan fingerprint density at radius 3 is 1.61 bits per heavy atom. The van der Waals surface area contributed by atoms with E-state index in [1.807, 2.05) is 11.3 Å². The van der Waals surface area contributed by atoms with Crippen LogP contribution in [-0.4, -0.2) is 11.3 Å². The van der Waals surface area contributed by atoms with E-state index in [4.69, 9.17) is 4.42 Å². The average molecular weight is 1010 g/mol. The van der Waals surface area contributed by atoms with E-state index in [0.29, 0.717) is 0 Å². The number of thiophene rings is 1. The van der Waals surface area contributed by atoms with E-state index in [2.05, 4.69) is 270 Å². The summed E-state index contributed by atoms with van der Waals surface area (Å²) in [6.45, 7) is 34.8. The van der Waals surface area contributed by atoms with Crippen molar-refractivity contribution in [3.05, 3.63) is 179 Å². The van der Waals surface area contributed by atoms with Crippen LogP contribution in [0.1, 0.15) is 132 Å². The highest BCUT2D eigenvalue weighted by atomic mass is 32.1. The molecule has 0 aliphatic carbocycles. The summed E-state index contributed by atoms with van der Waals surface area (Å²) >= 11 is 1.93. The molecule has 0 saturated carbocycles. The third kappa shape index (κ3) is 7.44. The van der Waals surface area contributed by atoms with Crippen molar-refractivity contribution in [2.75, 3.05) is 9.80 Å². The molecule has 0 bridgehead atoms. The molecular formula is C70H70BN3OS. The summed E-state index contributed by atoms with van der Waals surface area (Å²) in [6, 6.07) is 58.8. The number of nitrogens with zero attached hydrogens (tertiary/aromatic N) is 3. The van der Waals surface area contributed by atoms with Gasteiger partial charge >= 0.3 is 0 Å². The second kappa shape index (κ2) is 16.3. The van der Waals surface area contributed by atoms with Crippen LogP contribution in [0.5, 0.6) is 0 Å². The van der Waals surface area contributed by atoms with Gasteiger partial charge in [0.05, 0.1) is 15.9 Å². The highest BCUT2D eigenvalue weighted by molar-refractivity contribution is 7.26. The number of fused-ring (bicyclic) bond motifs is 12. The SMILES string of the molecule is CC(C)(C)c1ccc(N(c2ccc(C(C)(C)C)cc2)c2ccc3c(c2)N(c2cccc4c2sc2cc(C(C)(C)C)ccc24)c2cc(C(C)(C)C)cc4c2B3c2cc(C(C)(C)C)cc3c5oc6ccccc6c5n-4c23)cc1. The number of furan rings is 1. The van der Waals surface area contributed by atoms with Crippen molar-refractivity contribution in [2.45, 2.75) is 131 Å². The van der Waals surface area contributed by atoms with Crippen molar-refractivity contribution in [3.63, 3.8) is 0 Å². The Hall–Kier alpha value is -7.02. The topological polar surface area (TPSA) is 24.6 Å². The van der Waals surface area contributed by atoms with E-state index >= 15 is 0 Å². The molecule has 0 fully saturated rings. The van der Waals surface area contributed by atoms with Gasteiger partial charge in [-0.2, -0.15) is 0 Å². The molecule has 2 aliphatic heterocycles. The lowest BCUT2D eigenvalue weighted by atomic mass is 9.33. The van der Waals surface area contributed by atoms with E-state index < -0.39 is 0 Å². The molecule has 0 radical (unpaired) electrons. The molecule has 0 spiro atoms. The zero-order chi connectivity index (χ0) is 53.3. The number of para-hydroxylation sites is 1. The van der Waals surface area contributed by atoms with Gasteiger partial charge < -0.3 is 18.8 Å². The molecule has 11 aromatic rings. The quantitative estimate of drug-likeness (QED) is 0.164. The Labute approximate surface area is 454 Å². The lowest BCUT2D eigenvalue weighted by Gasteiger charge is -2.42. The predicted octanol–water partition coefficient (Wildman–Crippen LogP) is 18.5. The van der Waals surface area contributed by atoms with Gasteiger partial charge in [-0.25, -0.2) is 0 Å². The minimum atomic E-state index is -0.169. The Morgan fingerprint density at radius 2 is 0.974 bits per heavy atom. The molecule has 4 nitrogen and oxygen atoms in total. The molecule has 13 rings (SSSR count). The first-order chi connectivity index (χ1) is 35.8. The molecule has 0 saturated heterocycles. The molecule has 2 aliphatic rings. The Balaban J connectivity index is 1.16. The van der Waals surface area contributed by atoms with Gasteiger partial charge in [0.15, 0.2) is 5.58 Å². The fraction of sp³-hybridized carbons (Fsp3) is 0.286. The molecular weight excluding hydrogens is 942 g/mol. The zero-order valence-corrected chi connectivity index (χ0v) is 48.0. The first-order valence-electron chi connectivity index (χ1n) is 27.4. The fourth-order valence-electron chi connectivity index (χ4n) is 12.3. The van der Waals surface area contributed by atoms with Crippen molar-refractivity contribution in [1.82, 2.24) is 4.57 Å². The van der Waals surface area contributed by atoms with Crippen LogP contribution in [-0.2, 0) is 27.1 Å². The minimum absolute atomic E-state index is 0.0232. The number of anilines is 6. The first-order valence-corrected chi connectivity index (χ1v) is 28.3. The van der Waals surface area contributed by atoms with Gasteiger partial charge in [-0.1, -0.05) is 177 Å². The number of hydrogen-bond acceptors (Lipinski definition) is 4. The maximum absolute atomic E-state index is 7.03. The predicted molar refractivity (Wildman–Crippen MR) is 331 cm³/mol. The lowest BCUT2D eigenvalue weighted by molar-refractivity contribution is 0.590. The molecule has 0 N–H and O–H groups in total. The summed E-state index contributed by atoms with van der Waals surface area (Å²) in [5, 5.41) is 4.91. The molecule has 0 amide bonds. The maximum Gasteiger partial charge on any atom is 0.252 e. The highest BCUT2D eigenvalue weighted by Gasteiger charge is 2.45. The van der Waals surface area contributed by atoms with Crippen molar-refractivity contribution < 1.29 is 4.42 Å². The normalized spacial score (nSPS) is 13.9. The van der Waals surface area contributed by atoms with E-state index in [0.717, 1.165) is 39.1 Å². The third-order valence-corrected chi connectivity index (χ3v) is 17.9. The summed E-state index contributed by atoms with van der Waals surface area (Å²) in [6.07, 6.45) is 0. The minimum Gasteiger partial charge on any atom is -0.454 e. The number of aromatic nitrogens is 1. The van der Waals surface area contributed by atoms with E-state index in [-0.39, 0.29) is 33.8 Å². The summed E-state index contributed by atoms with van der Waals surface area (Å²) in [5.74, 6) is 0. The van der Waals surface area contributed by atoms with Crippen LogP contribution in [0, 0.1) is 0 Å². The molecule has 0 unspecified atom stereocenters. The van der Waals surface area contributed by atoms with Crippen LogP contribution in [0.4, 0.5) is 34.1 Å². The van der Waals surface area contributed by atoms with Gasteiger partial charge in [0.2, 0.25) is 0 Å². The molecule has 380 valence electrons. The van der Waals surface area contributed by atoms with Crippen LogP contribution in [0.25, 0.3) is 58.8 Å². The average Bonchev–Trinajstić information content (AvgIpc) is 4.23. The summed E-state index contributed by atoms with van der Waals surface area (Å²) in [7, 11) is 0. The largest absolute Gasteiger partial charge is 0.454 e. The van der Waals surface area contributed by atoms with Gasteiger partial charge in [0.25, 0.3) is 6.71 Å². The van der Waals surface area contributed by atoms with Gasteiger partial charge in [0.1, 0.15) is 11.1 Å². The molecule has 6 heteroatoms. The van der Waals surface area contributed by atoms with Crippen molar-refractivity contribution in [1.29, 1.82) is 0 Å². The van der Waals surface area contributed by atoms with Crippen LogP contribution < -0.4 is 26.2 Å². The Kier molecular flexibility index (Phi) is 10.4. The fourth-order valence-corrected chi connectivity index (χ4v) is 13.6. The van der Waals surface area contributed by atoms with Crippen LogP contribution in [0.15, 0.2) is 156 Å². The monoisotopic (exact) mass is 1010 g/mol. The molecule has 3 aromatic heterocycles. The van der Waals surface area contributed by atoms with Crippen molar-refractivity contribution >= 4 is 122 Å². The van der Waals surface area contributed by atoms with Crippen LogP contribution in [0.3, 0.4) is 0 Å². The highest BCUT2D eigenvalue weighted by Crippen LogP contribution is 2.51. The van der Waals surface area contributed by atoms with E-state index in [9.17, 15) is 0 Å². The van der Waals surface area contributed by atoms with E-state index in [1.54, 1.807) is 0 Å². The summed E-state index contributed by atoms with van der Waals surface area (Å²) in [5.41, 5.74) is 22.8. The van der Waals surface area contributed by atoms with Crippen LogP contribution in [0.2, 0.25) is 0 Å². The smallest absolute Gasteiger partial charge is 0.252 e. The second-order valence-corrected chi connectivity index (χ2v) is 28.2. The Bertz CT molecular complexity index is 4130. The third-order valence-electron chi connectivity index (χ3n) is 16.7. The maximum atomic E-state index is 7.03. The second-order valence-electron chi connectivity index (χ2n) is 27.2. The Morgan fingerprint density at radius 1 is 0.408 bits per heavy atom. The van der Waals surface area contributed by atoms with Gasteiger partial charge in [0, 0.05) is 60.4 Å². The lowest BCUT2D eigenvalue weighted by Crippen LogP contribution is -2.60. The van der Waals surface area contributed by atoms with Crippen LogP contribution >= 0.6 is 11.3 Å². The van der Waals surface area contributed by atoms with E-state index in [1.165, 1.54) is 98.0 Å². The first kappa shape index (κ1) is 48.6. The van der Waals surface area contributed by atoms with Crippen molar-refractivity contribution in [2.24, 2.45) is 0 Å². The zero-order valence-electron chi connectivity index (χ0n) is 47.2.